The number of aliphatic hydroxyl groups is 2. The maximum absolute atomic E-state index is 9.50. The third-order valence-corrected chi connectivity index (χ3v) is 2.04. The molecule has 0 aromatic carbocycles. The molecular formula is C9H18O4. The number of rotatable bonds is 3. The van der Waals surface area contributed by atoms with Gasteiger partial charge in [0.25, 0.3) is 0 Å². The smallest absolute Gasteiger partial charge is 0.184 e. The molecule has 1 fully saturated rings. The summed E-state index contributed by atoms with van der Waals surface area (Å²) >= 11 is 0. The quantitative estimate of drug-likeness (QED) is 0.670. The van der Waals surface area contributed by atoms with Gasteiger partial charge >= 0.3 is 0 Å². The van der Waals surface area contributed by atoms with Crippen LogP contribution in [0.2, 0.25) is 0 Å². The minimum Gasteiger partial charge on any atom is -0.394 e. The summed E-state index contributed by atoms with van der Waals surface area (Å²) in [7, 11) is 0. The zero-order valence-corrected chi connectivity index (χ0v) is 8.14. The van der Waals surface area contributed by atoms with E-state index in [-0.39, 0.29) is 18.8 Å². The van der Waals surface area contributed by atoms with E-state index >= 15 is 0 Å². The van der Waals surface area contributed by atoms with Crippen LogP contribution < -0.4 is 0 Å². The largest absolute Gasteiger partial charge is 0.394 e. The van der Waals surface area contributed by atoms with E-state index in [2.05, 4.69) is 0 Å². The van der Waals surface area contributed by atoms with Gasteiger partial charge in [-0.2, -0.15) is 0 Å². The normalized spacial score (nSPS) is 35.3. The first-order valence-corrected chi connectivity index (χ1v) is 4.73. The summed E-state index contributed by atoms with van der Waals surface area (Å²) in [6.07, 6.45) is 0.0125. The lowest BCUT2D eigenvalue weighted by Gasteiger charge is -2.33. The molecule has 13 heavy (non-hydrogen) atoms. The zero-order chi connectivity index (χ0) is 9.84. The first-order valence-electron chi connectivity index (χ1n) is 4.73. The Hall–Kier alpha value is -0.160. The van der Waals surface area contributed by atoms with Gasteiger partial charge in [-0.15, -0.1) is 0 Å². The average Bonchev–Trinajstić information content (AvgIpc) is 2.08. The van der Waals surface area contributed by atoms with E-state index in [1.807, 2.05) is 13.8 Å². The van der Waals surface area contributed by atoms with Crippen molar-refractivity contribution >= 4 is 0 Å². The van der Waals surface area contributed by atoms with E-state index in [0.717, 1.165) is 0 Å². The lowest BCUT2D eigenvalue weighted by molar-refractivity contribution is -0.256. The van der Waals surface area contributed by atoms with Crippen LogP contribution in [0.1, 0.15) is 26.7 Å². The van der Waals surface area contributed by atoms with Crippen LogP contribution in [0.25, 0.3) is 0 Å². The van der Waals surface area contributed by atoms with Gasteiger partial charge in [-0.1, -0.05) is 0 Å². The molecule has 0 radical (unpaired) electrons. The summed E-state index contributed by atoms with van der Waals surface area (Å²) in [6, 6.07) is 0. The van der Waals surface area contributed by atoms with Crippen molar-refractivity contribution in [2.75, 3.05) is 6.61 Å². The molecule has 2 N–H and O–H groups in total. The van der Waals surface area contributed by atoms with Crippen LogP contribution in [-0.2, 0) is 9.47 Å². The summed E-state index contributed by atoms with van der Waals surface area (Å²) in [5.74, 6) is 0. The van der Waals surface area contributed by atoms with E-state index in [4.69, 9.17) is 14.6 Å². The lowest BCUT2D eigenvalue weighted by Crippen LogP contribution is -2.42. The second kappa shape index (κ2) is 4.91. The third-order valence-electron chi connectivity index (χ3n) is 2.04. The zero-order valence-electron chi connectivity index (χ0n) is 8.14. The van der Waals surface area contributed by atoms with Crippen molar-refractivity contribution < 1.29 is 19.7 Å². The molecule has 78 valence electrons. The van der Waals surface area contributed by atoms with Crippen molar-refractivity contribution in [1.82, 2.24) is 0 Å². The van der Waals surface area contributed by atoms with Gasteiger partial charge in [0.15, 0.2) is 6.29 Å². The fourth-order valence-corrected chi connectivity index (χ4v) is 1.37. The highest BCUT2D eigenvalue weighted by molar-refractivity contribution is 4.73. The van der Waals surface area contributed by atoms with E-state index in [9.17, 15) is 5.11 Å². The summed E-state index contributed by atoms with van der Waals surface area (Å²) in [6.45, 7) is 3.77. The Kier molecular flexibility index (Phi) is 4.12. The second-order valence-corrected chi connectivity index (χ2v) is 3.64. The fraction of sp³-hybridized carbons (Fsp3) is 1.00. The number of ether oxygens (including phenoxy) is 2. The van der Waals surface area contributed by atoms with Crippen molar-refractivity contribution in [2.45, 2.75) is 51.3 Å². The predicted octanol–water partition coefficient (Wildman–Crippen LogP) is 0.270. The molecule has 3 unspecified atom stereocenters. The fourth-order valence-electron chi connectivity index (χ4n) is 1.37. The van der Waals surface area contributed by atoms with Gasteiger partial charge in [0.2, 0.25) is 0 Å². The number of hydrogen-bond acceptors (Lipinski definition) is 4. The van der Waals surface area contributed by atoms with Crippen molar-refractivity contribution in [1.29, 1.82) is 0 Å². The Morgan fingerprint density at radius 2 is 2.15 bits per heavy atom. The maximum Gasteiger partial charge on any atom is 0.184 e. The molecular weight excluding hydrogens is 172 g/mol. The first kappa shape index (κ1) is 10.9. The summed E-state index contributed by atoms with van der Waals surface area (Å²) in [5, 5.41) is 18.4. The predicted molar refractivity (Wildman–Crippen MR) is 47.2 cm³/mol. The van der Waals surface area contributed by atoms with Crippen molar-refractivity contribution in [3.8, 4) is 0 Å². The molecule has 3 atom stereocenters. The second-order valence-electron chi connectivity index (χ2n) is 3.64. The molecule has 0 saturated carbocycles. The molecule has 4 heteroatoms. The van der Waals surface area contributed by atoms with Crippen LogP contribution >= 0.6 is 0 Å². The highest BCUT2D eigenvalue weighted by atomic mass is 16.7. The summed E-state index contributed by atoms with van der Waals surface area (Å²) < 4.78 is 10.7. The monoisotopic (exact) mass is 190 g/mol. The van der Waals surface area contributed by atoms with E-state index in [1.165, 1.54) is 0 Å². The Bertz CT molecular complexity index is 149. The van der Waals surface area contributed by atoms with Gasteiger partial charge < -0.3 is 19.7 Å². The molecule has 0 aromatic rings. The number of aliphatic hydroxyl groups excluding tert-OH is 2. The highest BCUT2D eigenvalue weighted by Gasteiger charge is 2.30. The minimum absolute atomic E-state index is 0.00925. The Morgan fingerprint density at radius 3 is 2.69 bits per heavy atom. The van der Waals surface area contributed by atoms with Gasteiger partial charge in [0.05, 0.1) is 18.8 Å². The number of hydrogen-bond donors (Lipinski definition) is 2. The Balaban J connectivity index is 2.40. The molecule has 0 aromatic heterocycles. The molecule has 0 spiro atoms. The molecule has 1 aliphatic heterocycles. The van der Waals surface area contributed by atoms with E-state index in [0.29, 0.717) is 12.8 Å². The average molecular weight is 190 g/mol. The lowest BCUT2D eigenvalue weighted by atomic mass is 10.1. The van der Waals surface area contributed by atoms with Gasteiger partial charge in [-0.05, 0) is 26.7 Å². The molecule has 0 amide bonds. The van der Waals surface area contributed by atoms with E-state index < -0.39 is 12.4 Å². The van der Waals surface area contributed by atoms with Gasteiger partial charge in [0.1, 0.15) is 6.10 Å². The molecule has 4 nitrogen and oxygen atoms in total. The summed E-state index contributed by atoms with van der Waals surface area (Å²) in [5.41, 5.74) is 0. The third kappa shape index (κ3) is 3.23. The topological polar surface area (TPSA) is 58.9 Å². The van der Waals surface area contributed by atoms with Crippen LogP contribution in [0.3, 0.4) is 0 Å². The summed E-state index contributed by atoms with van der Waals surface area (Å²) in [4.78, 5) is 0. The van der Waals surface area contributed by atoms with Crippen LogP contribution in [-0.4, -0.2) is 41.4 Å². The molecule has 1 aliphatic rings. The minimum atomic E-state index is -0.578. The highest BCUT2D eigenvalue weighted by Crippen LogP contribution is 2.21. The SMILES string of the molecule is CC(C)OC1OC(CO)CCC1O. The first-order chi connectivity index (χ1) is 6.13. The molecule has 0 aliphatic carbocycles. The molecule has 1 heterocycles. The Morgan fingerprint density at radius 1 is 1.46 bits per heavy atom. The maximum atomic E-state index is 9.50. The van der Waals surface area contributed by atoms with Crippen molar-refractivity contribution in [3.05, 3.63) is 0 Å². The molecule has 1 rings (SSSR count). The van der Waals surface area contributed by atoms with Gasteiger partial charge in [-0.25, -0.2) is 0 Å². The van der Waals surface area contributed by atoms with Crippen molar-refractivity contribution in [3.63, 3.8) is 0 Å². The molecule has 1 saturated heterocycles. The van der Waals surface area contributed by atoms with Crippen molar-refractivity contribution in [2.24, 2.45) is 0 Å². The van der Waals surface area contributed by atoms with Gasteiger partial charge in [-0.3, -0.25) is 0 Å². The van der Waals surface area contributed by atoms with E-state index in [1.54, 1.807) is 0 Å². The van der Waals surface area contributed by atoms with Crippen LogP contribution in [0, 0.1) is 0 Å². The van der Waals surface area contributed by atoms with Crippen LogP contribution in [0.15, 0.2) is 0 Å². The van der Waals surface area contributed by atoms with Crippen LogP contribution in [0.5, 0.6) is 0 Å². The Labute approximate surface area is 78.5 Å². The standard InChI is InChI=1S/C9H18O4/c1-6(2)12-9-8(11)4-3-7(5-10)13-9/h6-11H,3-5H2,1-2H3. The van der Waals surface area contributed by atoms with Gasteiger partial charge in [0, 0.05) is 0 Å². The molecule has 0 bridgehead atoms. The van der Waals surface area contributed by atoms with Crippen LogP contribution in [0.4, 0.5) is 0 Å².